The summed E-state index contributed by atoms with van der Waals surface area (Å²) in [6.07, 6.45) is 0.617. The van der Waals surface area contributed by atoms with Gasteiger partial charge in [0.25, 0.3) is 0 Å². The van der Waals surface area contributed by atoms with Crippen molar-refractivity contribution in [1.29, 1.82) is 0 Å². The first-order chi connectivity index (χ1) is 15.0. The first kappa shape index (κ1) is 20.1. The van der Waals surface area contributed by atoms with Gasteiger partial charge in [-0.2, -0.15) is 0 Å². The lowest BCUT2D eigenvalue weighted by atomic mass is 9.96. The summed E-state index contributed by atoms with van der Waals surface area (Å²) in [6.45, 7) is 0. The predicted molar refractivity (Wildman–Crippen MR) is 124 cm³/mol. The van der Waals surface area contributed by atoms with Crippen molar-refractivity contribution in [2.45, 2.75) is 6.42 Å². The second-order valence-corrected chi connectivity index (χ2v) is 7.48. The molecule has 0 amide bonds. The molecule has 0 spiro atoms. The molecular formula is C27H22N2O2. The van der Waals surface area contributed by atoms with E-state index in [9.17, 15) is 9.59 Å². The van der Waals surface area contributed by atoms with Gasteiger partial charge < -0.3 is 11.5 Å². The minimum Gasteiger partial charge on any atom is -0.399 e. The number of hydrogen-bond donors (Lipinski definition) is 2. The van der Waals surface area contributed by atoms with E-state index in [0.717, 1.165) is 11.1 Å². The van der Waals surface area contributed by atoms with Crippen molar-refractivity contribution in [2.75, 3.05) is 11.5 Å². The third kappa shape index (κ3) is 4.70. The predicted octanol–water partition coefficient (Wildman–Crippen LogP) is 4.90. The highest BCUT2D eigenvalue weighted by molar-refractivity contribution is 6.09. The van der Waals surface area contributed by atoms with Gasteiger partial charge in [-0.3, -0.25) is 9.59 Å². The van der Waals surface area contributed by atoms with E-state index in [4.69, 9.17) is 11.5 Å². The smallest absolute Gasteiger partial charge is 0.193 e. The molecule has 0 unspecified atom stereocenters. The zero-order chi connectivity index (χ0) is 21.8. The largest absolute Gasteiger partial charge is 0.399 e. The Bertz CT molecular complexity index is 1140. The fourth-order valence-electron chi connectivity index (χ4n) is 3.48. The van der Waals surface area contributed by atoms with E-state index >= 15 is 0 Å². The maximum atomic E-state index is 12.8. The van der Waals surface area contributed by atoms with E-state index in [-0.39, 0.29) is 11.6 Å². The normalized spacial score (nSPS) is 10.6. The van der Waals surface area contributed by atoms with Crippen molar-refractivity contribution >= 4 is 22.9 Å². The monoisotopic (exact) mass is 406 g/mol. The second-order valence-electron chi connectivity index (χ2n) is 7.48. The van der Waals surface area contributed by atoms with Gasteiger partial charge in [-0.15, -0.1) is 0 Å². The van der Waals surface area contributed by atoms with E-state index in [0.29, 0.717) is 40.0 Å². The Morgan fingerprint density at radius 2 is 0.903 bits per heavy atom. The van der Waals surface area contributed by atoms with E-state index < -0.39 is 0 Å². The van der Waals surface area contributed by atoms with Crippen LogP contribution in [0.15, 0.2) is 97.1 Å². The maximum absolute atomic E-state index is 12.8. The van der Waals surface area contributed by atoms with Gasteiger partial charge in [-0.25, -0.2) is 0 Å². The van der Waals surface area contributed by atoms with E-state index in [2.05, 4.69) is 0 Å². The van der Waals surface area contributed by atoms with E-state index in [1.54, 1.807) is 48.5 Å². The number of nitrogens with two attached hydrogens (primary N) is 2. The molecule has 0 aliphatic rings. The van der Waals surface area contributed by atoms with Gasteiger partial charge in [0.2, 0.25) is 0 Å². The molecule has 4 aromatic rings. The van der Waals surface area contributed by atoms with Gasteiger partial charge in [0, 0.05) is 33.6 Å². The fourth-order valence-corrected chi connectivity index (χ4v) is 3.48. The fraction of sp³-hybridized carbons (Fsp3) is 0.0370. The second kappa shape index (κ2) is 8.67. The number of benzene rings is 4. The number of hydrogen-bond acceptors (Lipinski definition) is 4. The van der Waals surface area contributed by atoms with Gasteiger partial charge in [0.1, 0.15) is 0 Å². The van der Waals surface area contributed by atoms with Crippen molar-refractivity contribution in [3.63, 3.8) is 0 Å². The van der Waals surface area contributed by atoms with Gasteiger partial charge in [-0.1, -0.05) is 36.4 Å². The summed E-state index contributed by atoms with van der Waals surface area (Å²) in [5.74, 6) is -0.0942. The van der Waals surface area contributed by atoms with Crippen molar-refractivity contribution in [1.82, 2.24) is 0 Å². The zero-order valence-electron chi connectivity index (χ0n) is 16.9. The number of carbonyl (C=O) groups is 2. The topological polar surface area (TPSA) is 86.2 Å². The maximum Gasteiger partial charge on any atom is 0.193 e. The summed E-state index contributed by atoms with van der Waals surface area (Å²) >= 11 is 0. The summed E-state index contributed by atoms with van der Waals surface area (Å²) in [5, 5.41) is 0. The van der Waals surface area contributed by atoms with Crippen LogP contribution >= 0.6 is 0 Å². The van der Waals surface area contributed by atoms with Gasteiger partial charge >= 0.3 is 0 Å². The number of ketones is 2. The summed E-state index contributed by atoms with van der Waals surface area (Å²) in [6, 6.07) is 28.9. The molecule has 152 valence electrons. The highest BCUT2D eigenvalue weighted by Gasteiger charge is 2.12. The first-order valence-electron chi connectivity index (χ1n) is 9.98. The molecule has 0 saturated heterocycles. The van der Waals surface area contributed by atoms with Crippen LogP contribution < -0.4 is 11.5 Å². The molecule has 0 bridgehead atoms. The number of nitrogen functional groups attached to an aromatic ring is 2. The summed E-state index contributed by atoms with van der Waals surface area (Å²) in [7, 11) is 0. The molecule has 4 rings (SSSR count). The summed E-state index contributed by atoms with van der Waals surface area (Å²) < 4.78 is 0. The Balaban J connectivity index is 1.54. The SMILES string of the molecule is Nc1ccc(C(=O)c2cccc(Cc3cccc(C(=O)c4ccc(N)cc4)c3)c2)cc1. The molecule has 0 radical (unpaired) electrons. The van der Waals surface area contributed by atoms with Crippen LogP contribution in [0.25, 0.3) is 0 Å². The van der Waals surface area contributed by atoms with E-state index in [1.807, 2.05) is 48.5 Å². The van der Waals surface area contributed by atoms with Crippen LogP contribution in [0.4, 0.5) is 11.4 Å². The molecule has 4 N–H and O–H groups in total. The van der Waals surface area contributed by atoms with Crippen molar-refractivity contribution in [2.24, 2.45) is 0 Å². The Kier molecular flexibility index (Phi) is 5.63. The lowest BCUT2D eigenvalue weighted by Crippen LogP contribution is -2.04. The highest BCUT2D eigenvalue weighted by atomic mass is 16.1. The molecule has 0 aromatic heterocycles. The van der Waals surface area contributed by atoms with E-state index in [1.165, 1.54) is 0 Å². The molecule has 0 atom stereocenters. The summed E-state index contributed by atoms with van der Waals surface area (Å²) in [4.78, 5) is 25.6. The van der Waals surface area contributed by atoms with Gasteiger partial charge in [0.05, 0.1) is 0 Å². The average Bonchev–Trinajstić information content (AvgIpc) is 2.79. The van der Waals surface area contributed by atoms with Crippen LogP contribution in [0.2, 0.25) is 0 Å². The highest BCUT2D eigenvalue weighted by Crippen LogP contribution is 2.18. The quantitative estimate of drug-likeness (QED) is 0.352. The average molecular weight is 406 g/mol. The van der Waals surface area contributed by atoms with Gasteiger partial charge in [0.15, 0.2) is 11.6 Å². The molecule has 4 aromatic carbocycles. The Morgan fingerprint density at radius 1 is 0.516 bits per heavy atom. The molecule has 0 aliphatic carbocycles. The van der Waals surface area contributed by atoms with Crippen LogP contribution in [0.5, 0.6) is 0 Å². The molecule has 0 aliphatic heterocycles. The van der Waals surface area contributed by atoms with Crippen LogP contribution in [0, 0.1) is 0 Å². The summed E-state index contributed by atoms with van der Waals surface area (Å²) in [5.41, 5.74) is 17.1. The minimum absolute atomic E-state index is 0.0471. The zero-order valence-corrected chi connectivity index (χ0v) is 16.9. The lowest BCUT2D eigenvalue weighted by molar-refractivity contribution is 0.103. The van der Waals surface area contributed by atoms with Crippen LogP contribution in [-0.4, -0.2) is 11.6 Å². The molecule has 31 heavy (non-hydrogen) atoms. The number of rotatable bonds is 6. The van der Waals surface area contributed by atoms with Crippen LogP contribution in [-0.2, 0) is 6.42 Å². The Morgan fingerprint density at radius 3 is 1.29 bits per heavy atom. The molecular weight excluding hydrogens is 384 g/mol. The molecule has 4 nitrogen and oxygen atoms in total. The molecule has 0 fully saturated rings. The minimum atomic E-state index is -0.0471. The third-order valence-electron chi connectivity index (χ3n) is 5.13. The molecule has 0 heterocycles. The standard InChI is InChI=1S/C27H22N2O2/c28-24-11-7-20(8-12-24)26(30)22-5-1-3-18(16-22)15-19-4-2-6-23(17-19)27(31)21-9-13-25(29)14-10-21/h1-14,16-17H,15,28-29H2. The van der Waals surface area contributed by atoms with Crippen molar-refractivity contribution in [3.8, 4) is 0 Å². The number of carbonyl (C=O) groups excluding carboxylic acids is 2. The Hall–Kier alpha value is -4.18. The first-order valence-corrected chi connectivity index (χ1v) is 9.98. The van der Waals surface area contributed by atoms with Crippen molar-refractivity contribution in [3.05, 3.63) is 130 Å². The molecule has 4 heteroatoms. The van der Waals surface area contributed by atoms with Crippen molar-refractivity contribution < 1.29 is 9.59 Å². The lowest BCUT2D eigenvalue weighted by Gasteiger charge is -2.08. The van der Waals surface area contributed by atoms with Crippen LogP contribution in [0.1, 0.15) is 43.0 Å². The van der Waals surface area contributed by atoms with Crippen LogP contribution in [0.3, 0.4) is 0 Å². The van der Waals surface area contributed by atoms with Gasteiger partial charge in [-0.05, 0) is 78.2 Å². The number of anilines is 2. The Labute approximate surface area is 181 Å². The molecule has 0 saturated carbocycles. The third-order valence-corrected chi connectivity index (χ3v) is 5.13.